The Hall–Kier alpha value is -0.770. The van der Waals surface area contributed by atoms with Crippen molar-refractivity contribution >= 4 is 11.6 Å². The van der Waals surface area contributed by atoms with E-state index in [1.165, 1.54) is 32.4 Å². The predicted octanol–water partition coefficient (Wildman–Crippen LogP) is 3.31. The summed E-state index contributed by atoms with van der Waals surface area (Å²) in [6, 6.07) is 6.29. The molecule has 2 rings (SSSR count). The lowest BCUT2D eigenvalue weighted by Crippen LogP contribution is -2.41. The third kappa shape index (κ3) is 4.65. The van der Waals surface area contributed by atoms with E-state index in [0.717, 1.165) is 24.4 Å². The Morgan fingerprint density at radius 2 is 2.05 bits per heavy atom. The smallest absolute Gasteiger partial charge is 0.124 e. The molecule has 1 heterocycles. The molecule has 4 heteroatoms. The summed E-state index contributed by atoms with van der Waals surface area (Å²) in [7, 11) is 1.69. The average molecular weight is 297 g/mol. The first-order chi connectivity index (χ1) is 9.69. The summed E-state index contributed by atoms with van der Waals surface area (Å²) in [6.07, 6.45) is 4.08. The largest absolute Gasteiger partial charge is 0.496 e. The molecule has 0 spiro atoms. The molecule has 0 bridgehead atoms. The van der Waals surface area contributed by atoms with Crippen LogP contribution in [0.4, 0.5) is 0 Å². The Labute approximate surface area is 127 Å². The van der Waals surface area contributed by atoms with Gasteiger partial charge in [-0.05, 0) is 45.0 Å². The fourth-order valence-electron chi connectivity index (χ4n) is 2.74. The van der Waals surface area contributed by atoms with Crippen LogP contribution in [0.15, 0.2) is 18.2 Å². The number of nitrogens with one attached hydrogen (secondary N) is 1. The summed E-state index contributed by atoms with van der Waals surface area (Å²) in [6.45, 7) is 6.68. The average Bonchev–Trinajstić information content (AvgIpc) is 2.47. The molecule has 0 aliphatic carbocycles. The van der Waals surface area contributed by atoms with Gasteiger partial charge < -0.3 is 15.0 Å². The van der Waals surface area contributed by atoms with Crippen molar-refractivity contribution in [1.29, 1.82) is 0 Å². The van der Waals surface area contributed by atoms with E-state index in [1.54, 1.807) is 7.11 Å². The van der Waals surface area contributed by atoms with Gasteiger partial charge in [-0.3, -0.25) is 0 Å². The van der Waals surface area contributed by atoms with Crippen LogP contribution in [0.3, 0.4) is 0 Å². The third-order valence-electron chi connectivity index (χ3n) is 3.87. The van der Waals surface area contributed by atoms with E-state index < -0.39 is 0 Å². The van der Waals surface area contributed by atoms with Gasteiger partial charge in [0.1, 0.15) is 5.75 Å². The third-order valence-corrected chi connectivity index (χ3v) is 4.11. The zero-order valence-electron chi connectivity index (χ0n) is 12.5. The van der Waals surface area contributed by atoms with Crippen LogP contribution < -0.4 is 10.1 Å². The number of likely N-dealkylation sites (tertiary alicyclic amines) is 1. The molecular formula is C16H25ClN2O. The van der Waals surface area contributed by atoms with E-state index in [0.29, 0.717) is 11.1 Å². The monoisotopic (exact) mass is 296 g/mol. The first-order valence-corrected chi connectivity index (χ1v) is 7.85. The molecule has 1 aliphatic heterocycles. The topological polar surface area (TPSA) is 24.5 Å². The molecular weight excluding hydrogens is 272 g/mol. The second-order valence-electron chi connectivity index (χ2n) is 5.60. The lowest BCUT2D eigenvalue weighted by atomic mass is 10.1. The zero-order valence-corrected chi connectivity index (χ0v) is 13.2. The Kier molecular flexibility index (Phi) is 6.14. The van der Waals surface area contributed by atoms with Crippen LogP contribution in [-0.4, -0.2) is 37.7 Å². The van der Waals surface area contributed by atoms with Crippen LogP contribution in [-0.2, 0) is 6.54 Å². The second-order valence-corrected chi connectivity index (χ2v) is 6.04. The Morgan fingerprint density at radius 3 is 2.75 bits per heavy atom. The van der Waals surface area contributed by atoms with Crippen LogP contribution in [0.2, 0.25) is 5.02 Å². The molecule has 112 valence electrons. The number of benzene rings is 1. The molecule has 1 N–H and O–H groups in total. The van der Waals surface area contributed by atoms with Gasteiger partial charge in [-0.2, -0.15) is 0 Å². The SMILES string of the molecule is COc1cc(Cl)ccc1CNC(C)CN1CCCCC1. The summed E-state index contributed by atoms with van der Waals surface area (Å²) in [5.74, 6) is 0.857. The first kappa shape index (κ1) is 15.6. The molecule has 1 fully saturated rings. The van der Waals surface area contributed by atoms with E-state index in [2.05, 4.69) is 17.1 Å². The maximum atomic E-state index is 5.98. The lowest BCUT2D eigenvalue weighted by molar-refractivity contribution is 0.208. The van der Waals surface area contributed by atoms with Gasteiger partial charge in [0, 0.05) is 29.7 Å². The van der Waals surface area contributed by atoms with Crippen LogP contribution in [0.1, 0.15) is 31.7 Å². The van der Waals surface area contributed by atoms with Crippen LogP contribution in [0.25, 0.3) is 0 Å². The zero-order chi connectivity index (χ0) is 14.4. The van der Waals surface area contributed by atoms with Crippen molar-refractivity contribution in [3.05, 3.63) is 28.8 Å². The number of nitrogens with zero attached hydrogens (tertiary/aromatic N) is 1. The first-order valence-electron chi connectivity index (χ1n) is 7.47. The van der Waals surface area contributed by atoms with E-state index >= 15 is 0 Å². The maximum absolute atomic E-state index is 5.98. The van der Waals surface area contributed by atoms with Gasteiger partial charge in [0.05, 0.1) is 7.11 Å². The van der Waals surface area contributed by atoms with Crippen LogP contribution in [0, 0.1) is 0 Å². The summed E-state index contributed by atoms with van der Waals surface area (Å²) in [5.41, 5.74) is 1.15. The highest BCUT2D eigenvalue weighted by Crippen LogP contribution is 2.23. The highest BCUT2D eigenvalue weighted by atomic mass is 35.5. The van der Waals surface area contributed by atoms with Crippen molar-refractivity contribution in [1.82, 2.24) is 10.2 Å². The quantitative estimate of drug-likeness (QED) is 0.871. The minimum absolute atomic E-state index is 0.480. The van der Waals surface area contributed by atoms with Gasteiger partial charge in [-0.25, -0.2) is 0 Å². The molecule has 0 radical (unpaired) electrons. The molecule has 1 atom stereocenters. The lowest BCUT2D eigenvalue weighted by Gasteiger charge is -2.29. The Bertz CT molecular complexity index is 419. The molecule has 1 aliphatic rings. The molecule has 3 nitrogen and oxygen atoms in total. The minimum atomic E-state index is 0.480. The van der Waals surface area contributed by atoms with E-state index in [-0.39, 0.29) is 0 Å². The van der Waals surface area contributed by atoms with Gasteiger partial charge in [-0.1, -0.05) is 24.1 Å². The Morgan fingerprint density at radius 1 is 1.30 bits per heavy atom. The molecule has 0 saturated carbocycles. The van der Waals surface area contributed by atoms with Crippen LogP contribution in [0.5, 0.6) is 5.75 Å². The number of hydrogen-bond acceptors (Lipinski definition) is 3. The molecule has 0 aromatic heterocycles. The molecule has 1 saturated heterocycles. The molecule has 1 unspecified atom stereocenters. The highest BCUT2D eigenvalue weighted by Gasteiger charge is 2.13. The summed E-state index contributed by atoms with van der Waals surface area (Å²) < 4.78 is 5.37. The summed E-state index contributed by atoms with van der Waals surface area (Å²) >= 11 is 5.98. The fraction of sp³-hybridized carbons (Fsp3) is 0.625. The van der Waals surface area contributed by atoms with Gasteiger partial charge >= 0.3 is 0 Å². The number of hydrogen-bond donors (Lipinski definition) is 1. The Balaban J connectivity index is 1.81. The number of piperidine rings is 1. The number of halogens is 1. The normalized spacial score (nSPS) is 17.9. The number of rotatable bonds is 6. The van der Waals surface area contributed by atoms with Crippen molar-refractivity contribution in [3.63, 3.8) is 0 Å². The number of methoxy groups -OCH3 is 1. The van der Waals surface area contributed by atoms with Crippen molar-refractivity contribution in [3.8, 4) is 5.75 Å². The van der Waals surface area contributed by atoms with E-state index in [4.69, 9.17) is 16.3 Å². The minimum Gasteiger partial charge on any atom is -0.496 e. The van der Waals surface area contributed by atoms with E-state index in [9.17, 15) is 0 Å². The van der Waals surface area contributed by atoms with Crippen molar-refractivity contribution in [2.45, 2.75) is 38.8 Å². The summed E-state index contributed by atoms with van der Waals surface area (Å²) in [4.78, 5) is 2.56. The standard InChI is InChI=1S/C16H25ClN2O/c1-13(12-19-8-4-3-5-9-19)18-11-14-6-7-15(17)10-16(14)20-2/h6-7,10,13,18H,3-5,8-9,11-12H2,1-2H3. The van der Waals surface area contributed by atoms with Gasteiger partial charge in [0.25, 0.3) is 0 Å². The van der Waals surface area contributed by atoms with E-state index in [1.807, 2.05) is 18.2 Å². The predicted molar refractivity (Wildman–Crippen MR) is 84.6 cm³/mol. The molecule has 1 aromatic rings. The van der Waals surface area contributed by atoms with Gasteiger partial charge in [-0.15, -0.1) is 0 Å². The van der Waals surface area contributed by atoms with Crippen molar-refractivity contribution in [2.75, 3.05) is 26.7 Å². The van der Waals surface area contributed by atoms with Crippen molar-refractivity contribution in [2.24, 2.45) is 0 Å². The highest BCUT2D eigenvalue weighted by molar-refractivity contribution is 6.30. The van der Waals surface area contributed by atoms with Gasteiger partial charge in [0.15, 0.2) is 0 Å². The fourth-order valence-corrected chi connectivity index (χ4v) is 2.90. The molecule has 20 heavy (non-hydrogen) atoms. The molecule has 1 aromatic carbocycles. The maximum Gasteiger partial charge on any atom is 0.124 e. The van der Waals surface area contributed by atoms with Crippen LogP contribution >= 0.6 is 11.6 Å². The van der Waals surface area contributed by atoms with Gasteiger partial charge in [0.2, 0.25) is 0 Å². The second kappa shape index (κ2) is 7.87. The van der Waals surface area contributed by atoms with Crippen molar-refractivity contribution < 1.29 is 4.74 Å². The number of ether oxygens (including phenoxy) is 1. The summed E-state index contributed by atoms with van der Waals surface area (Å²) in [5, 5.41) is 4.29. The molecule has 0 amide bonds.